The Bertz CT molecular complexity index is 122. The third kappa shape index (κ3) is 1.57. The zero-order valence-corrected chi connectivity index (χ0v) is 6.63. The van der Waals surface area contributed by atoms with E-state index >= 15 is 0 Å². The highest BCUT2D eigenvalue weighted by Gasteiger charge is 2.25. The minimum Gasteiger partial charge on any atom is -0.307 e. The number of nitrogens with one attached hydrogen (secondary N) is 1. The summed E-state index contributed by atoms with van der Waals surface area (Å²) < 4.78 is 0. The number of hydrogen-bond donors (Lipinski definition) is 1. The summed E-state index contributed by atoms with van der Waals surface area (Å²) >= 11 is 0. The van der Waals surface area contributed by atoms with Crippen LogP contribution in [0.3, 0.4) is 0 Å². The van der Waals surface area contributed by atoms with Crippen LogP contribution in [0.1, 0.15) is 20.3 Å². The van der Waals surface area contributed by atoms with Gasteiger partial charge in [0.2, 0.25) is 0 Å². The Kier molecular flexibility index (Phi) is 2.44. The van der Waals surface area contributed by atoms with E-state index < -0.39 is 0 Å². The Morgan fingerprint density at radius 3 is 2.60 bits per heavy atom. The second kappa shape index (κ2) is 3.15. The molecule has 1 fully saturated rings. The Morgan fingerprint density at radius 2 is 2.30 bits per heavy atom. The third-order valence-corrected chi connectivity index (χ3v) is 2.31. The van der Waals surface area contributed by atoms with Gasteiger partial charge in [-0.25, -0.2) is 0 Å². The van der Waals surface area contributed by atoms with Gasteiger partial charge in [-0.3, -0.25) is 0 Å². The lowest BCUT2D eigenvalue weighted by Crippen LogP contribution is -2.22. The molecule has 1 heterocycles. The van der Waals surface area contributed by atoms with Gasteiger partial charge in [0.15, 0.2) is 0 Å². The molecular formula is C8H15NO. The Balaban J connectivity index is 2.35. The summed E-state index contributed by atoms with van der Waals surface area (Å²) in [5.74, 6) is 1.41. The minimum atomic E-state index is 0.132. The molecule has 0 saturated carbocycles. The highest BCUT2D eigenvalue weighted by molar-refractivity contribution is 5.58. The first-order valence-electron chi connectivity index (χ1n) is 3.92. The van der Waals surface area contributed by atoms with Crippen LogP contribution < -0.4 is 5.32 Å². The molecule has 1 rings (SSSR count). The van der Waals surface area contributed by atoms with Crippen LogP contribution in [0.4, 0.5) is 0 Å². The molecule has 0 aromatic carbocycles. The fourth-order valence-electron chi connectivity index (χ4n) is 1.41. The van der Waals surface area contributed by atoms with Gasteiger partial charge >= 0.3 is 0 Å². The number of carbonyl (C=O) groups excluding carboxylic acids is 1. The van der Waals surface area contributed by atoms with E-state index in [1.807, 2.05) is 0 Å². The molecule has 0 aromatic heterocycles. The lowest BCUT2D eigenvalue weighted by atomic mass is 9.94. The van der Waals surface area contributed by atoms with Crippen LogP contribution in [-0.4, -0.2) is 18.9 Å². The van der Waals surface area contributed by atoms with E-state index in [9.17, 15) is 4.79 Å². The first kappa shape index (κ1) is 7.73. The smallest absolute Gasteiger partial charge is 0.136 e. The molecule has 0 aliphatic carbocycles. The molecule has 1 N–H and O–H groups in total. The van der Waals surface area contributed by atoms with Crippen LogP contribution in [-0.2, 0) is 4.79 Å². The minimum absolute atomic E-state index is 0.132. The van der Waals surface area contributed by atoms with Crippen molar-refractivity contribution in [2.45, 2.75) is 26.3 Å². The van der Waals surface area contributed by atoms with Gasteiger partial charge in [-0.1, -0.05) is 13.8 Å². The maximum absolute atomic E-state index is 10.3. The van der Waals surface area contributed by atoms with E-state index in [4.69, 9.17) is 0 Å². The van der Waals surface area contributed by atoms with E-state index in [0.717, 1.165) is 19.3 Å². The topological polar surface area (TPSA) is 29.1 Å². The summed E-state index contributed by atoms with van der Waals surface area (Å²) in [4.78, 5) is 10.3. The fourth-order valence-corrected chi connectivity index (χ4v) is 1.41. The molecule has 2 heteroatoms. The summed E-state index contributed by atoms with van der Waals surface area (Å²) in [5, 5.41) is 3.17. The average molecular weight is 141 g/mol. The van der Waals surface area contributed by atoms with E-state index in [2.05, 4.69) is 19.2 Å². The molecule has 1 unspecified atom stereocenters. The summed E-state index contributed by atoms with van der Waals surface area (Å²) in [5.41, 5.74) is 0. The van der Waals surface area contributed by atoms with Crippen molar-refractivity contribution in [1.82, 2.24) is 5.32 Å². The first-order valence-corrected chi connectivity index (χ1v) is 3.92. The van der Waals surface area contributed by atoms with Crippen molar-refractivity contribution in [2.24, 2.45) is 11.8 Å². The lowest BCUT2D eigenvalue weighted by molar-refractivity contribution is -0.109. The van der Waals surface area contributed by atoms with Crippen molar-refractivity contribution in [3.63, 3.8) is 0 Å². The van der Waals surface area contributed by atoms with Crippen LogP contribution >= 0.6 is 0 Å². The largest absolute Gasteiger partial charge is 0.307 e. The van der Waals surface area contributed by atoms with Gasteiger partial charge in [-0.05, 0) is 24.8 Å². The molecule has 0 radical (unpaired) electrons. The first-order chi connectivity index (χ1) is 4.74. The third-order valence-electron chi connectivity index (χ3n) is 2.31. The molecule has 1 aliphatic heterocycles. The molecule has 2 atom stereocenters. The van der Waals surface area contributed by atoms with Gasteiger partial charge in [0.25, 0.3) is 0 Å². The SMILES string of the molecule is CC(C)[C@H]1CNC(C=O)C1. The van der Waals surface area contributed by atoms with Crippen molar-refractivity contribution in [1.29, 1.82) is 0 Å². The van der Waals surface area contributed by atoms with Crippen LogP contribution in [0.2, 0.25) is 0 Å². The molecule has 0 amide bonds. The molecule has 1 saturated heterocycles. The highest BCUT2D eigenvalue weighted by Crippen LogP contribution is 2.20. The molecule has 0 aromatic rings. The van der Waals surface area contributed by atoms with Crippen LogP contribution in [0.25, 0.3) is 0 Å². The second-order valence-electron chi connectivity index (χ2n) is 3.39. The zero-order valence-electron chi connectivity index (χ0n) is 6.63. The molecule has 10 heavy (non-hydrogen) atoms. The van der Waals surface area contributed by atoms with Crippen molar-refractivity contribution in [3.8, 4) is 0 Å². The van der Waals surface area contributed by atoms with Gasteiger partial charge < -0.3 is 10.1 Å². The predicted octanol–water partition coefficient (Wildman–Crippen LogP) is 0.819. The maximum atomic E-state index is 10.3. The Hall–Kier alpha value is -0.370. The summed E-state index contributed by atoms with van der Waals surface area (Å²) in [6, 6.07) is 0.132. The number of hydrogen-bond acceptors (Lipinski definition) is 2. The summed E-state index contributed by atoms with van der Waals surface area (Å²) in [6.45, 7) is 5.43. The highest BCUT2D eigenvalue weighted by atomic mass is 16.1. The van der Waals surface area contributed by atoms with Crippen molar-refractivity contribution in [2.75, 3.05) is 6.54 Å². The van der Waals surface area contributed by atoms with E-state index in [-0.39, 0.29) is 6.04 Å². The van der Waals surface area contributed by atoms with E-state index in [1.165, 1.54) is 0 Å². The maximum Gasteiger partial charge on any atom is 0.136 e. The van der Waals surface area contributed by atoms with E-state index in [0.29, 0.717) is 11.8 Å². The molecule has 0 spiro atoms. The zero-order chi connectivity index (χ0) is 7.56. The molecule has 0 bridgehead atoms. The van der Waals surface area contributed by atoms with Crippen molar-refractivity contribution in [3.05, 3.63) is 0 Å². The average Bonchev–Trinajstić information content (AvgIpc) is 2.34. The quantitative estimate of drug-likeness (QED) is 0.577. The van der Waals surface area contributed by atoms with Crippen LogP contribution in [0.15, 0.2) is 0 Å². The predicted molar refractivity (Wildman–Crippen MR) is 40.8 cm³/mol. The number of rotatable bonds is 2. The number of carbonyl (C=O) groups is 1. The molecule has 2 nitrogen and oxygen atoms in total. The summed E-state index contributed by atoms with van der Waals surface area (Å²) in [6.07, 6.45) is 2.05. The molecule has 58 valence electrons. The van der Waals surface area contributed by atoms with Crippen LogP contribution in [0.5, 0.6) is 0 Å². The standard InChI is InChI=1S/C8H15NO/c1-6(2)7-3-8(5-10)9-4-7/h5-9H,3-4H2,1-2H3/t7-,8?/m1/s1. The Morgan fingerprint density at radius 1 is 1.60 bits per heavy atom. The van der Waals surface area contributed by atoms with E-state index in [1.54, 1.807) is 0 Å². The Labute approximate surface area is 62.0 Å². The lowest BCUT2D eigenvalue weighted by Gasteiger charge is -2.11. The normalized spacial score (nSPS) is 33.1. The summed E-state index contributed by atoms with van der Waals surface area (Å²) in [7, 11) is 0. The van der Waals surface area contributed by atoms with Crippen LogP contribution in [0, 0.1) is 11.8 Å². The van der Waals surface area contributed by atoms with Gasteiger partial charge in [-0.2, -0.15) is 0 Å². The van der Waals surface area contributed by atoms with Gasteiger partial charge in [0.1, 0.15) is 6.29 Å². The molecule has 1 aliphatic rings. The fraction of sp³-hybridized carbons (Fsp3) is 0.875. The monoisotopic (exact) mass is 141 g/mol. The number of aldehydes is 1. The van der Waals surface area contributed by atoms with Gasteiger partial charge in [-0.15, -0.1) is 0 Å². The van der Waals surface area contributed by atoms with Gasteiger partial charge in [0, 0.05) is 0 Å². The van der Waals surface area contributed by atoms with Crippen molar-refractivity contribution < 1.29 is 4.79 Å². The van der Waals surface area contributed by atoms with Gasteiger partial charge in [0.05, 0.1) is 6.04 Å². The second-order valence-corrected chi connectivity index (χ2v) is 3.39. The molecular weight excluding hydrogens is 126 g/mol. The van der Waals surface area contributed by atoms with Crippen molar-refractivity contribution >= 4 is 6.29 Å².